The van der Waals surface area contributed by atoms with E-state index in [0.717, 1.165) is 17.7 Å². The molecule has 2 atom stereocenters. The summed E-state index contributed by atoms with van der Waals surface area (Å²) in [5.74, 6) is -0.723. The molecule has 3 aromatic rings. The number of anilines is 1. The smallest absolute Gasteiger partial charge is 0.417 e. The molecule has 0 saturated heterocycles. The molecule has 0 aliphatic heterocycles. The van der Waals surface area contributed by atoms with Crippen LogP contribution < -0.4 is 14.4 Å². The van der Waals surface area contributed by atoms with Gasteiger partial charge in [0.05, 0.1) is 28.3 Å². The molecule has 0 spiro atoms. The summed E-state index contributed by atoms with van der Waals surface area (Å²) in [6.45, 7) is 5.94. The minimum atomic E-state index is -4.89. The largest absolute Gasteiger partial charge is 0.497 e. The Hall–Kier alpha value is -3.77. The van der Waals surface area contributed by atoms with Crippen LogP contribution in [0.5, 0.6) is 5.75 Å². The lowest BCUT2D eigenvalue weighted by Gasteiger charge is -2.32. The molecular weight excluding hydrogens is 619 g/mol. The molecule has 238 valence electrons. The van der Waals surface area contributed by atoms with Gasteiger partial charge in [0.15, 0.2) is 0 Å². The van der Waals surface area contributed by atoms with E-state index in [2.05, 4.69) is 5.32 Å². The number of nitrogens with one attached hydrogen (secondary N) is 1. The van der Waals surface area contributed by atoms with Gasteiger partial charge < -0.3 is 15.0 Å². The van der Waals surface area contributed by atoms with Crippen LogP contribution in [0.3, 0.4) is 0 Å². The molecule has 0 fully saturated rings. The number of rotatable bonds is 12. The summed E-state index contributed by atoms with van der Waals surface area (Å²) in [6, 6.07) is 13.8. The number of alkyl halides is 3. The maximum Gasteiger partial charge on any atom is 0.417 e. The lowest BCUT2D eigenvalue weighted by Crippen LogP contribution is -2.52. The van der Waals surface area contributed by atoms with Gasteiger partial charge in [0.1, 0.15) is 18.3 Å². The molecule has 8 nitrogen and oxygen atoms in total. The Bertz CT molecular complexity index is 1570. The van der Waals surface area contributed by atoms with Gasteiger partial charge in [-0.2, -0.15) is 13.2 Å². The van der Waals surface area contributed by atoms with E-state index in [1.807, 2.05) is 6.92 Å². The third kappa shape index (κ3) is 8.44. The van der Waals surface area contributed by atoms with Crippen molar-refractivity contribution in [3.05, 3.63) is 88.4 Å². The number of sulfonamides is 1. The minimum Gasteiger partial charge on any atom is -0.497 e. The number of hydrogen-bond donors (Lipinski definition) is 1. The maximum absolute atomic E-state index is 14.0. The lowest BCUT2D eigenvalue weighted by molar-refractivity contribution is -0.139. The van der Waals surface area contributed by atoms with Crippen molar-refractivity contribution < 1.29 is 35.9 Å². The average Bonchev–Trinajstić information content (AvgIpc) is 2.98. The second kappa shape index (κ2) is 14.3. The molecule has 3 aromatic carbocycles. The Morgan fingerprint density at radius 1 is 1.00 bits per heavy atom. The first-order chi connectivity index (χ1) is 20.6. The fraction of sp³-hybridized carbons (Fsp3) is 0.355. The van der Waals surface area contributed by atoms with Crippen LogP contribution in [0.4, 0.5) is 18.9 Å². The highest BCUT2D eigenvalue weighted by Crippen LogP contribution is 2.38. The van der Waals surface area contributed by atoms with Crippen LogP contribution in [-0.2, 0) is 32.3 Å². The summed E-state index contributed by atoms with van der Waals surface area (Å²) in [5, 5.41) is 2.19. The lowest BCUT2D eigenvalue weighted by atomic mass is 10.1. The van der Waals surface area contributed by atoms with Crippen LogP contribution in [-0.4, -0.2) is 50.9 Å². The molecule has 0 aliphatic carbocycles. The predicted octanol–water partition coefficient (Wildman–Crippen LogP) is 6.20. The van der Waals surface area contributed by atoms with Gasteiger partial charge in [-0.05, 0) is 75.2 Å². The van der Waals surface area contributed by atoms with Crippen molar-refractivity contribution >= 4 is 39.1 Å². The summed E-state index contributed by atoms with van der Waals surface area (Å²) in [4.78, 5) is 28.1. The third-order valence-electron chi connectivity index (χ3n) is 7.11. The van der Waals surface area contributed by atoms with Crippen molar-refractivity contribution in [3.63, 3.8) is 0 Å². The monoisotopic (exact) mass is 653 g/mol. The average molecular weight is 654 g/mol. The molecule has 0 radical (unpaired) electrons. The van der Waals surface area contributed by atoms with Crippen LogP contribution in [0.15, 0.2) is 71.6 Å². The molecule has 0 aliphatic rings. The molecule has 2 amide bonds. The van der Waals surface area contributed by atoms with E-state index in [0.29, 0.717) is 28.1 Å². The second-order valence-corrected chi connectivity index (χ2v) is 12.6. The first-order valence-electron chi connectivity index (χ1n) is 13.8. The SMILES string of the molecule is CC[C@@H](C)NC(=O)[C@@H](C)N(Cc1ccc(OC)cc1)C(=O)CN(c1ccc(Cl)c(C(F)(F)F)c1)S(=O)(=O)c1ccc(C)cc1. The number of hydrogen-bond acceptors (Lipinski definition) is 5. The van der Waals surface area contributed by atoms with Crippen LogP contribution >= 0.6 is 11.6 Å². The molecule has 0 heterocycles. The zero-order valence-corrected chi connectivity index (χ0v) is 26.6. The summed E-state index contributed by atoms with van der Waals surface area (Å²) in [7, 11) is -3.07. The fourth-order valence-electron chi connectivity index (χ4n) is 4.23. The second-order valence-electron chi connectivity index (χ2n) is 10.4. The van der Waals surface area contributed by atoms with Gasteiger partial charge in [-0.3, -0.25) is 13.9 Å². The van der Waals surface area contributed by atoms with Crippen molar-refractivity contribution in [1.29, 1.82) is 0 Å². The van der Waals surface area contributed by atoms with E-state index in [9.17, 15) is 31.2 Å². The van der Waals surface area contributed by atoms with Crippen LogP contribution in [0.2, 0.25) is 5.02 Å². The normalized spacial score (nSPS) is 13.1. The van der Waals surface area contributed by atoms with Gasteiger partial charge in [-0.25, -0.2) is 8.42 Å². The Balaban J connectivity index is 2.11. The Morgan fingerprint density at radius 2 is 1.61 bits per heavy atom. The van der Waals surface area contributed by atoms with E-state index in [1.165, 1.54) is 43.2 Å². The van der Waals surface area contributed by atoms with Crippen LogP contribution in [0, 0.1) is 6.92 Å². The van der Waals surface area contributed by atoms with Gasteiger partial charge >= 0.3 is 6.18 Å². The molecule has 0 aromatic heterocycles. The van der Waals surface area contributed by atoms with E-state index < -0.39 is 56.9 Å². The van der Waals surface area contributed by atoms with Crippen molar-refractivity contribution in [1.82, 2.24) is 10.2 Å². The van der Waals surface area contributed by atoms with Crippen molar-refractivity contribution in [2.24, 2.45) is 0 Å². The standard InChI is InChI=1S/C31H35ClF3N3O5S/c1-6-21(3)36-30(40)22(4)37(18-23-9-12-25(43-5)13-10-23)29(39)19-38(44(41,42)26-14-7-20(2)8-15-26)24-11-16-28(32)27(17-24)31(33,34)35/h7-17,21-22H,6,18-19H2,1-5H3,(H,36,40)/t21-,22-/m1/s1. The quantitative estimate of drug-likeness (QED) is 0.251. The Morgan fingerprint density at radius 3 is 2.16 bits per heavy atom. The molecular formula is C31H35ClF3N3O5S. The first-order valence-corrected chi connectivity index (χ1v) is 15.6. The number of aryl methyl sites for hydroxylation is 1. The van der Waals surface area contributed by atoms with E-state index in [4.69, 9.17) is 16.3 Å². The zero-order chi connectivity index (χ0) is 32.8. The van der Waals surface area contributed by atoms with Gasteiger partial charge in [0.2, 0.25) is 11.8 Å². The van der Waals surface area contributed by atoms with Crippen molar-refractivity contribution in [2.75, 3.05) is 18.0 Å². The number of carbonyl (C=O) groups is 2. The maximum atomic E-state index is 14.0. The topological polar surface area (TPSA) is 96.0 Å². The highest BCUT2D eigenvalue weighted by Gasteiger charge is 2.37. The van der Waals surface area contributed by atoms with Crippen molar-refractivity contribution in [3.8, 4) is 5.75 Å². The summed E-state index contributed by atoms with van der Waals surface area (Å²) in [6.07, 6.45) is -4.26. The first kappa shape index (κ1) is 34.7. The van der Waals surface area contributed by atoms with Gasteiger partial charge in [0.25, 0.3) is 10.0 Å². The highest BCUT2D eigenvalue weighted by atomic mass is 35.5. The number of ether oxygens (including phenoxy) is 1. The predicted molar refractivity (Wildman–Crippen MR) is 163 cm³/mol. The van der Waals surface area contributed by atoms with Gasteiger partial charge in [-0.15, -0.1) is 0 Å². The Labute approximate surface area is 260 Å². The molecule has 44 heavy (non-hydrogen) atoms. The zero-order valence-electron chi connectivity index (χ0n) is 25.0. The minimum absolute atomic E-state index is 0.0925. The number of halogens is 4. The van der Waals surface area contributed by atoms with Crippen LogP contribution in [0.25, 0.3) is 0 Å². The van der Waals surface area contributed by atoms with Gasteiger partial charge in [-0.1, -0.05) is 48.4 Å². The summed E-state index contributed by atoms with van der Waals surface area (Å²) in [5.41, 5.74) is -0.313. The number of nitrogens with zero attached hydrogens (tertiary/aromatic N) is 2. The molecule has 0 bridgehead atoms. The van der Waals surface area contributed by atoms with E-state index in [1.54, 1.807) is 38.1 Å². The molecule has 0 saturated carbocycles. The molecule has 1 N–H and O–H groups in total. The number of carbonyl (C=O) groups excluding carboxylic acids is 2. The fourth-order valence-corrected chi connectivity index (χ4v) is 5.86. The van der Waals surface area contributed by atoms with Crippen molar-refractivity contribution in [2.45, 2.75) is 63.8 Å². The molecule has 3 rings (SSSR count). The number of benzene rings is 3. The van der Waals surface area contributed by atoms with E-state index >= 15 is 0 Å². The number of methoxy groups -OCH3 is 1. The van der Waals surface area contributed by atoms with Crippen LogP contribution in [0.1, 0.15) is 43.9 Å². The third-order valence-corrected chi connectivity index (χ3v) is 9.23. The van der Waals surface area contributed by atoms with Gasteiger partial charge in [0, 0.05) is 12.6 Å². The van der Waals surface area contributed by atoms with E-state index in [-0.39, 0.29) is 17.5 Å². The highest BCUT2D eigenvalue weighted by molar-refractivity contribution is 7.92. The Kier molecular flexibility index (Phi) is 11.3. The molecule has 13 heteroatoms. The number of amides is 2. The summed E-state index contributed by atoms with van der Waals surface area (Å²) >= 11 is 5.82. The molecule has 0 unspecified atom stereocenters. The summed E-state index contributed by atoms with van der Waals surface area (Å²) < 4.78 is 75.0.